The molecule has 116 valence electrons. The van der Waals surface area contributed by atoms with Crippen LogP contribution in [0.1, 0.15) is 0 Å². The third kappa shape index (κ3) is 5.36. The van der Waals surface area contributed by atoms with Gasteiger partial charge in [-0.3, -0.25) is 14.9 Å². The molecule has 0 saturated heterocycles. The van der Waals surface area contributed by atoms with Gasteiger partial charge in [-0.25, -0.2) is 0 Å². The predicted octanol–water partition coefficient (Wildman–Crippen LogP) is 0.441. The summed E-state index contributed by atoms with van der Waals surface area (Å²) < 4.78 is 10.1. The van der Waals surface area contributed by atoms with Gasteiger partial charge in [-0.05, 0) is 6.07 Å². The predicted molar refractivity (Wildman–Crippen MR) is 74.1 cm³/mol. The summed E-state index contributed by atoms with van der Waals surface area (Å²) in [6.45, 7) is 0.283. The standard InChI is InChI=1S/C13H18N2O6/c1-20-9-7-14(6-8-16)13(17)10-21-12-5-3-2-4-11(12)15(18)19/h2-5,16H,6-10H2,1H3. The molecule has 8 heteroatoms. The fourth-order valence-electron chi connectivity index (χ4n) is 1.64. The maximum atomic E-state index is 12.0. The van der Waals surface area contributed by atoms with Gasteiger partial charge in [-0.2, -0.15) is 0 Å². The lowest BCUT2D eigenvalue weighted by atomic mass is 10.3. The molecule has 0 atom stereocenters. The van der Waals surface area contributed by atoms with Crippen molar-refractivity contribution in [3.8, 4) is 5.75 Å². The fourth-order valence-corrected chi connectivity index (χ4v) is 1.64. The van der Waals surface area contributed by atoms with Crippen LogP contribution in [0.4, 0.5) is 5.69 Å². The van der Waals surface area contributed by atoms with Gasteiger partial charge in [0, 0.05) is 26.3 Å². The van der Waals surface area contributed by atoms with Crippen LogP contribution in [0.25, 0.3) is 0 Å². The third-order valence-electron chi connectivity index (χ3n) is 2.70. The highest BCUT2D eigenvalue weighted by Crippen LogP contribution is 2.25. The van der Waals surface area contributed by atoms with E-state index in [-0.39, 0.29) is 37.1 Å². The van der Waals surface area contributed by atoms with E-state index in [4.69, 9.17) is 14.6 Å². The summed E-state index contributed by atoms with van der Waals surface area (Å²) in [7, 11) is 1.51. The Bertz CT molecular complexity index is 479. The van der Waals surface area contributed by atoms with Crippen molar-refractivity contribution < 1.29 is 24.3 Å². The Morgan fingerprint density at radius 1 is 1.38 bits per heavy atom. The molecule has 0 fully saturated rings. The van der Waals surface area contributed by atoms with E-state index in [2.05, 4.69) is 0 Å². The number of nitro benzene ring substituents is 1. The lowest BCUT2D eigenvalue weighted by molar-refractivity contribution is -0.385. The van der Waals surface area contributed by atoms with E-state index in [1.165, 1.54) is 30.2 Å². The smallest absolute Gasteiger partial charge is 0.310 e. The van der Waals surface area contributed by atoms with E-state index < -0.39 is 4.92 Å². The van der Waals surface area contributed by atoms with Crippen molar-refractivity contribution in [2.24, 2.45) is 0 Å². The first kappa shape index (κ1) is 16.9. The van der Waals surface area contributed by atoms with E-state index >= 15 is 0 Å². The zero-order valence-corrected chi connectivity index (χ0v) is 11.7. The highest BCUT2D eigenvalue weighted by Gasteiger charge is 2.17. The maximum Gasteiger partial charge on any atom is 0.310 e. The second kappa shape index (κ2) is 8.88. The Morgan fingerprint density at radius 3 is 2.71 bits per heavy atom. The molecule has 0 aliphatic heterocycles. The van der Waals surface area contributed by atoms with Crippen LogP contribution in [0.5, 0.6) is 5.75 Å². The molecule has 0 radical (unpaired) electrons. The minimum atomic E-state index is -0.573. The number of hydrogen-bond donors (Lipinski definition) is 1. The van der Waals surface area contributed by atoms with E-state index in [0.717, 1.165) is 0 Å². The Balaban J connectivity index is 2.64. The third-order valence-corrected chi connectivity index (χ3v) is 2.70. The van der Waals surface area contributed by atoms with Crippen LogP contribution in [-0.2, 0) is 9.53 Å². The van der Waals surface area contributed by atoms with E-state index in [1.807, 2.05) is 0 Å². The molecule has 0 heterocycles. The van der Waals surface area contributed by atoms with Crippen molar-refractivity contribution in [3.63, 3.8) is 0 Å². The zero-order chi connectivity index (χ0) is 15.7. The second-order valence-electron chi connectivity index (χ2n) is 4.11. The molecule has 0 spiro atoms. The average molecular weight is 298 g/mol. The number of nitro groups is 1. The van der Waals surface area contributed by atoms with Gasteiger partial charge in [-0.1, -0.05) is 12.1 Å². The minimum Gasteiger partial charge on any atom is -0.477 e. The molecule has 1 rings (SSSR count). The molecule has 0 unspecified atom stereocenters. The van der Waals surface area contributed by atoms with Crippen molar-refractivity contribution in [1.29, 1.82) is 0 Å². The number of para-hydroxylation sites is 2. The minimum absolute atomic E-state index is 0.0338. The van der Waals surface area contributed by atoms with Gasteiger partial charge >= 0.3 is 5.69 Å². The molecule has 1 N–H and O–H groups in total. The van der Waals surface area contributed by atoms with Gasteiger partial charge < -0.3 is 19.5 Å². The van der Waals surface area contributed by atoms with Crippen molar-refractivity contribution in [2.45, 2.75) is 0 Å². The second-order valence-corrected chi connectivity index (χ2v) is 4.11. The first-order chi connectivity index (χ1) is 10.1. The normalized spacial score (nSPS) is 10.2. The van der Waals surface area contributed by atoms with E-state index in [0.29, 0.717) is 13.2 Å². The number of carbonyl (C=O) groups excluding carboxylic acids is 1. The number of carbonyl (C=O) groups is 1. The molecule has 1 amide bonds. The number of aliphatic hydroxyl groups is 1. The molecule has 0 aliphatic rings. The van der Waals surface area contributed by atoms with Gasteiger partial charge in [0.25, 0.3) is 5.91 Å². The summed E-state index contributed by atoms with van der Waals surface area (Å²) in [6.07, 6.45) is 0. The van der Waals surface area contributed by atoms with Crippen LogP contribution in [0.15, 0.2) is 24.3 Å². The van der Waals surface area contributed by atoms with Gasteiger partial charge in [0.15, 0.2) is 12.4 Å². The first-order valence-corrected chi connectivity index (χ1v) is 6.34. The Morgan fingerprint density at radius 2 is 2.10 bits per heavy atom. The monoisotopic (exact) mass is 298 g/mol. The molecule has 1 aromatic rings. The average Bonchev–Trinajstić information content (AvgIpc) is 2.49. The molecule has 1 aromatic carbocycles. The lowest BCUT2D eigenvalue weighted by Crippen LogP contribution is -2.39. The van der Waals surface area contributed by atoms with E-state index in [1.54, 1.807) is 6.07 Å². The summed E-state index contributed by atoms with van der Waals surface area (Å²) in [5.74, 6) is -0.342. The van der Waals surface area contributed by atoms with Crippen molar-refractivity contribution in [2.75, 3.05) is 40.0 Å². The molecule has 21 heavy (non-hydrogen) atoms. The van der Waals surface area contributed by atoms with Gasteiger partial charge in [0.2, 0.25) is 0 Å². The first-order valence-electron chi connectivity index (χ1n) is 6.34. The number of ether oxygens (including phenoxy) is 2. The van der Waals surface area contributed by atoms with Gasteiger partial charge in [-0.15, -0.1) is 0 Å². The Hall–Kier alpha value is -2.19. The fraction of sp³-hybridized carbons (Fsp3) is 0.462. The number of hydrogen-bond acceptors (Lipinski definition) is 6. The SMILES string of the molecule is COCCN(CCO)C(=O)COc1ccccc1[N+](=O)[O-]. The largest absolute Gasteiger partial charge is 0.477 e. The molecular formula is C13H18N2O6. The number of benzene rings is 1. The van der Waals surface area contributed by atoms with E-state index in [9.17, 15) is 14.9 Å². The molecule has 0 aliphatic carbocycles. The topological polar surface area (TPSA) is 102 Å². The zero-order valence-electron chi connectivity index (χ0n) is 11.7. The van der Waals surface area contributed by atoms with Crippen molar-refractivity contribution >= 4 is 11.6 Å². The van der Waals surface area contributed by atoms with Crippen LogP contribution >= 0.6 is 0 Å². The quantitative estimate of drug-likeness (QED) is 0.524. The van der Waals surface area contributed by atoms with Gasteiger partial charge in [0.05, 0.1) is 18.1 Å². The summed E-state index contributed by atoms with van der Waals surface area (Å²) in [5, 5.41) is 19.7. The van der Waals surface area contributed by atoms with Crippen LogP contribution in [0.2, 0.25) is 0 Å². The van der Waals surface area contributed by atoms with Gasteiger partial charge in [0.1, 0.15) is 0 Å². The maximum absolute atomic E-state index is 12.0. The number of aliphatic hydroxyl groups excluding tert-OH is 1. The summed E-state index contributed by atoms with van der Waals surface area (Å²) in [6, 6.07) is 5.83. The lowest BCUT2D eigenvalue weighted by Gasteiger charge is -2.21. The van der Waals surface area contributed by atoms with Crippen LogP contribution in [0.3, 0.4) is 0 Å². The summed E-state index contributed by atoms with van der Waals surface area (Å²) >= 11 is 0. The van der Waals surface area contributed by atoms with Crippen LogP contribution in [0, 0.1) is 10.1 Å². The highest BCUT2D eigenvalue weighted by molar-refractivity contribution is 5.78. The highest BCUT2D eigenvalue weighted by atomic mass is 16.6. The molecule has 0 bridgehead atoms. The molecule has 8 nitrogen and oxygen atoms in total. The van der Waals surface area contributed by atoms with Crippen LogP contribution < -0.4 is 4.74 Å². The number of methoxy groups -OCH3 is 1. The number of amides is 1. The molecule has 0 aromatic heterocycles. The molecule has 0 saturated carbocycles. The summed E-state index contributed by atoms with van der Waals surface area (Å²) in [4.78, 5) is 23.6. The van der Waals surface area contributed by atoms with Crippen molar-refractivity contribution in [3.05, 3.63) is 34.4 Å². The Kier molecular flexibility index (Phi) is 7.13. The number of nitrogens with zero attached hydrogens (tertiary/aromatic N) is 2. The summed E-state index contributed by atoms with van der Waals surface area (Å²) in [5.41, 5.74) is -0.198. The number of rotatable bonds is 9. The Labute approximate surface area is 122 Å². The molecular weight excluding hydrogens is 280 g/mol. The van der Waals surface area contributed by atoms with Crippen LogP contribution in [-0.4, -0.2) is 60.9 Å². The van der Waals surface area contributed by atoms with Crippen molar-refractivity contribution in [1.82, 2.24) is 4.90 Å².